The number of H-pyrrole nitrogens is 1. The number of esters is 1. The zero-order chi connectivity index (χ0) is 23.1. The fourth-order valence-corrected chi connectivity index (χ4v) is 5.40. The number of ether oxygens (including phenoxy) is 1. The third-order valence-electron chi connectivity index (χ3n) is 5.76. The molecule has 5 rings (SSSR count). The molecule has 0 unspecified atom stereocenters. The summed E-state index contributed by atoms with van der Waals surface area (Å²) in [7, 11) is 0. The van der Waals surface area contributed by atoms with Crippen LogP contribution in [0.4, 0.5) is 0 Å². The van der Waals surface area contributed by atoms with Crippen molar-refractivity contribution in [3.05, 3.63) is 70.4 Å². The number of nitrogens with zero attached hydrogens (tertiary/aromatic N) is 2. The standard InChI is InChI=1S/C26H22ClN3O2S/c1-4-32-23(31)13-19-14(2)11-22-25(24(19)16-5-8-18(27)9-6-16)33-26(28-22)17-7-10-21-20(12-17)15(3)29-30-21/h5-12H,4,13H2,1-3H3,(H,29,30). The number of carbonyl (C=O) groups is 1. The van der Waals surface area contributed by atoms with E-state index in [9.17, 15) is 4.79 Å². The maximum Gasteiger partial charge on any atom is 0.310 e. The Balaban J connectivity index is 1.72. The molecule has 0 saturated heterocycles. The lowest BCUT2D eigenvalue weighted by Gasteiger charge is -2.14. The highest BCUT2D eigenvalue weighted by Crippen LogP contribution is 2.41. The predicted molar refractivity (Wildman–Crippen MR) is 135 cm³/mol. The number of aryl methyl sites for hydroxylation is 2. The maximum atomic E-state index is 12.4. The fourth-order valence-electron chi connectivity index (χ4n) is 4.14. The molecule has 3 aromatic carbocycles. The molecule has 0 spiro atoms. The third kappa shape index (κ3) is 4.01. The Morgan fingerprint density at radius 2 is 1.82 bits per heavy atom. The van der Waals surface area contributed by atoms with Gasteiger partial charge in [-0.15, -0.1) is 11.3 Å². The van der Waals surface area contributed by atoms with Crippen LogP contribution in [0.3, 0.4) is 0 Å². The molecule has 166 valence electrons. The summed E-state index contributed by atoms with van der Waals surface area (Å²) in [6.07, 6.45) is 0.209. The minimum absolute atomic E-state index is 0.209. The number of hydrogen-bond donors (Lipinski definition) is 1. The number of rotatable bonds is 5. The smallest absolute Gasteiger partial charge is 0.310 e. The average molecular weight is 476 g/mol. The first-order valence-corrected chi connectivity index (χ1v) is 11.9. The van der Waals surface area contributed by atoms with E-state index in [1.54, 1.807) is 11.3 Å². The summed E-state index contributed by atoms with van der Waals surface area (Å²) in [5.41, 5.74) is 7.91. The molecule has 1 N–H and O–H groups in total. The second-order valence-corrected chi connectivity index (χ2v) is 9.42. The summed E-state index contributed by atoms with van der Waals surface area (Å²) in [6.45, 7) is 6.22. The van der Waals surface area contributed by atoms with Gasteiger partial charge in [-0.25, -0.2) is 4.98 Å². The number of carbonyl (C=O) groups excluding carboxylic acids is 1. The number of fused-ring (bicyclic) bond motifs is 2. The molecule has 5 aromatic rings. The fraction of sp³-hybridized carbons (Fsp3) is 0.192. The lowest BCUT2D eigenvalue weighted by Crippen LogP contribution is -2.09. The quantitative estimate of drug-likeness (QED) is 0.281. The Hall–Kier alpha value is -3.22. The van der Waals surface area contributed by atoms with Gasteiger partial charge < -0.3 is 4.74 Å². The summed E-state index contributed by atoms with van der Waals surface area (Å²) >= 11 is 7.79. The molecular formula is C26H22ClN3O2S. The summed E-state index contributed by atoms with van der Waals surface area (Å²) in [5.74, 6) is -0.235. The number of halogens is 1. The SMILES string of the molecule is CCOC(=O)Cc1c(C)cc2nc(-c3ccc4n[nH]c(C)c4c3)sc2c1-c1ccc(Cl)cc1. The van der Waals surface area contributed by atoms with Crippen LogP contribution in [0.2, 0.25) is 5.02 Å². The van der Waals surface area contributed by atoms with Crippen LogP contribution in [-0.2, 0) is 16.0 Å². The molecule has 0 atom stereocenters. The predicted octanol–water partition coefficient (Wildman–Crippen LogP) is 6.88. The van der Waals surface area contributed by atoms with E-state index in [1.165, 1.54) is 0 Å². The average Bonchev–Trinajstić information content (AvgIpc) is 3.38. The van der Waals surface area contributed by atoms with Crippen LogP contribution in [0.15, 0.2) is 48.5 Å². The Morgan fingerprint density at radius 3 is 2.58 bits per heavy atom. The van der Waals surface area contributed by atoms with E-state index >= 15 is 0 Å². The first kappa shape index (κ1) is 21.6. The molecule has 7 heteroatoms. The number of nitrogens with one attached hydrogen (secondary N) is 1. The minimum Gasteiger partial charge on any atom is -0.466 e. The highest BCUT2D eigenvalue weighted by atomic mass is 35.5. The molecule has 0 saturated carbocycles. The molecular weight excluding hydrogens is 454 g/mol. The summed E-state index contributed by atoms with van der Waals surface area (Å²) < 4.78 is 6.30. The molecule has 0 aliphatic rings. The molecule has 0 aliphatic heterocycles. The second kappa shape index (κ2) is 8.61. The largest absolute Gasteiger partial charge is 0.466 e. The summed E-state index contributed by atoms with van der Waals surface area (Å²) in [4.78, 5) is 17.4. The number of aromatic nitrogens is 3. The van der Waals surface area contributed by atoms with Crippen LogP contribution >= 0.6 is 22.9 Å². The van der Waals surface area contributed by atoms with E-state index in [1.807, 2.05) is 51.1 Å². The van der Waals surface area contributed by atoms with Crippen molar-refractivity contribution in [2.75, 3.05) is 6.61 Å². The zero-order valence-electron chi connectivity index (χ0n) is 18.5. The van der Waals surface area contributed by atoms with Gasteiger partial charge in [0.15, 0.2) is 0 Å². The van der Waals surface area contributed by atoms with E-state index < -0.39 is 0 Å². The van der Waals surface area contributed by atoms with Gasteiger partial charge in [0.05, 0.1) is 28.8 Å². The molecule has 0 fully saturated rings. The molecule has 2 heterocycles. The van der Waals surface area contributed by atoms with Crippen molar-refractivity contribution >= 4 is 50.0 Å². The summed E-state index contributed by atoms with van der Waals surface area (Å²) in [6, 6.07) is 16.0. The Morgan fingerprint density at radius 1 is 1.06 bits per heavy atom. The van der Waals surface area contributed by atoms with Crippen LogP contribution in [-0.4, -0.2) is 27.8 Å². The molecule has 5 nitrogen and oxygen atoms in total. The Kier molecular flexibility index (Phi) is 5.64. The Bertz CT molecular complexity index is 1500. The number of hydrogen-bond acceptors (Lipinski definition) is 5. The van der Waals surface area contributed by atoms with Crippen LogP contribution in [0, 0.1) is 13.8 Å². The lowest BCUT2D eigenvalue weighted by molar-refractivity contribution is -0.142. The van der Waals surface area contributed by atoms with Gasteiger partial charge in [0.2, 0.25) is 0 Å². The monoisotopic (exact) mass is 475 g/mol. The van der Waals surface area contributed by atoms with Crippen molar-refractivity contribution in [2.45, 2.75) is 27.2 Å². The van der Waals surface area contributed by atoms with Crippen molar-refractivity contribution < 1.29 is 9.53 Å². The maximum absolute atomic E-state index is 12.4. The normalized spacial score (nSPS) is 11.4. The molecule has 0 bridgehead atoms. The summed E-state index contributed by atoms with van der Waals surface area (Å²) in [5, 5.41) is 10.0. The molecule has 0 amide bonds. The van der Waals surface area contributed by atoms with Crippen molar-refractivity contribution in [1.29, 1.82) is 0 Å². The van der Waals surface area contributed by atoms with E-state index in [4.69, 9.17) is 21.3 Å². The van der Waals surface area contributed by atoms with Gasteiger partial charge in [0.1, 0.15) is 5.01 Å². The van der Waals surface area contributed by atoms with Crippen LogP contribution < -0.4 is 0 Å². The molecule has 0 aliphatic carbocycles. The van der Waals surface area contributed by atoms with Crippen LogP contribution in [0.25, 0.3) is 42.8 Å². The van der Waals surface area contributed by atoms with E-state index in [2.05, 4.69) is 28.4 Å². The highest BCUT2D eigenvalue weighted by molar-refractivity contribution is 7.22. The minimum atomic E-state index is -0.235. The van der Waals surface area contributed by atoms with E-state index in [-0.39, 0.29) is 12.4 Å². The number of aromatic amines is 1. The topological polar surface area (TPSA) is 67.9 Å². The first-order chi connectivity index (χ1) is 15.9. The first-order valence-electron chi connectivity index (χ1n) is 10.7. The van der Waals surface area contributed by atoms with Gasteiger partial charge in [-0.2, -0.15) is 5.10 Å². The number of benzene rings is 3. The number of thiazole rings is 1. The van der Waals surface area contributed by atoms with Crippen molar-refractivity contribution in [1.82, 2.24) is 15.2 Å². The van der Waals surface area contributed by atoms with Gasteiger partial charge in [0.25, 0.3) is 0 Å². The molecule has 33 heavy (non-hydrogen) atoms. The van der Waals surface area contributed by atoms with Crippen molar-refractivity contribution in [3.8, 4) is 21.7 Å². The van der Waals surface area contributed by atoms with Gasteiger partial charge in [-0.05, 0) is 73.9 Å². The van der Waals surface area contributed by atoms with Crippen molar-refractivity contribution in [3.63, 3.8) is 0 Å². The van der Waals surface area contributed by atoms with Crippen LogP contribution in [0.1, 0.15) is 23.7 Å². The second-order valence-electron chi connectivity index (χ2n) is 7.98. The van der Waals surface area contributed by atoms with Gasteiger partial charge in [-0.3, -0.25) is 9.89 Å². The van der Waals surface area contributed by atoms with Crippen LogP contribution in [0.5, 0.6) is 0 Å². The third-order valence-corrected chi connectivity index (χ3v) is 7.15. The van der Waals surface area contributed by atoms with Crippen molar-refractivity contribution in [2.24, 2.45) is 0 Å². The zero-order valence-corrected chi connectivity index (χ0v) is 20.1. The van der Waals surface area contributed by atoms with E-state index in [0.717, 1.165) is 59.6 Å². The highest BCUT2D eigenvalue weighted by Gasteiger charge is 2.20. The van der Waals surface area contributed by atoms with Gasteiger partial charge in [0, 0.05) is 27.2 Å². The molecule has 0 radical (unpaired) electrons. The van der Waals surface area contributed by atoms with Gasteiger partial charge in [-0.1, -0.05) is 23.7 Å². The Labute approximate surface area is 200 Å². The van der Waals surface area contributed by atoms with Gasteiger partial charge >= 0.3 is 5.97 Å². The lowest BCUT2D eigenvalue weighted by atomic mass is 9.93. The van der Waals surface area contributed by atoms with E-state index in [0.29, 0.717) is 11.6 Å². The molecule has 2 aromatic heterocycles.